The van der Waals surface area contributed by atoms with Gasteiger partial charge in [0.15, 0.2) is 5.69 Å². The minimum Gasteiger partial charge on any atom is -0.351 e. The average molecular weight is 336 g/mol. The van der Waals surface area contributed by atoms with Crippen molar-refractivity contribution >= 4 is 26.7 Å². The first-order valence-electron chi connectivity index (χ1n) is 6.38. The van der Waals surface area contributed by atoms with E-state index in [-0.39, 0.29) is 22.4 Å². The second-order valence-electron chi connectivity index (χ2n) is 4.63. The van der Waals surface area contributed by atoms with Crippen molar-refractivity contribution in [2.45, 2.75) is 36.8 Å². The molecule has 0 saturated heterocycles. The molecule has 0 aliphatic carbocycles. The number of carbonyl (C=O) groups is 1. The smallest absolute Gasteiger partial charge is 0.273 e. The summed E-state index contributed by atoms with van der Waals surface area (Å²) in [4.78, 5) is 11.7. The quantitative estimate of drug-likeness (QED) is 0.617. The summed E-state index contributed by atoms with van der Waals surface area (Å²) >= 11 is 0. The van der Waals surface area contributed by atoms with Crippen LogP contribution in [0.5, 0.6) is 0 Å². The Hall–Kier alpha value is -1.26. The molecule has 10 heteroatoms. The summed E-state index contributed by atoms with van der Waals surface area (Å²) in [6.45, 7) is 3.81. The summed E-state index contributed by atoms with van der Waals surface area (Å²) in [5.41, 5.74) is 0.0605. The van der Waals surface area contributed by atoms with E-state index in [9.17, 15) is 17.4 Å². The molecule has 0 fully saturated rings. The summed E-state index contributed by atoms with van der Waals surface area (Å²) in [5, 5.41) is 13.9. The molecule has 1 rings (SSSR count). The lowest BCUT2D eigenvalue weighted by molar-refractivity contribution is 0.0945. The fourth-order valence-corrected chi connectivity index (χ4v) is 3.10. The lowest BCUT2D eigenvalue weighted by Crippen LogP contribution is -2.29. The number of amides is 1. The molecule has 1 amide bonds. The van der Waals surface area contributed by atoms with Crippen molar-refractivity contribution in [1.82, 2.24) is 15.5 Å². The number of aromatic amines is 1. The van der Waals surface area contributed by atoms with Crippen molar-refractivity contribution < 1.29 is 17.4 Å². The number of nitrogens with one attached hydrogen (secondary N) is 2. The highest BCUT2D eigenvalue weighted by molar-refractivity contribution is 7.89. The maximum atomic E-state index is 12.0. The van der Waals surface area contributed by atoms with Gasteiger partial charge in [-0.15, -0.1) is 0 Å². The van der Waals surface area contributed by atoms with Gasteiger partial charge in [-0.25, -0.2) is 13.6 Å². The number of hydrogen-bond acceptors (Lipinski definition) is 5. The van der Waals surface area contributed by atoms with Gasteiger partial charge in [0, 0.05) is 28.9 Å². The van der Waals surface area contributed by atoms with E-state index in [2.05, 4.69) is 15.5 Å². The first kappa shape index (κ1) is 17.8. The molecule has 1 aromatic rings. The monoisotopic (exact) mass is 336 g/mol. The third-order valence-electron chi connectivity index (χ3n) is 3.05. The molecule has 4 N–H and O–H groups in total. The Bertz CT molecular complexity index is 639. The van der Waals surface area contributed by atoms with Crippen LogP contribution in [-0.4, -0.2) is 46.8 Å². The topological polar surface area (TPSA) is 135 Å². The normalized spacial score (nSPS) is 14.7. The fraction of sp³-hybridized carbons (Fsp3) is 0.636. The van der Waals surface area contributed by atoms with E-state index in [1.165, 1.54) is 0 Å². The van der Waals surface area contributed by atoms with E-state index in [1.54, 1.807) is 13.2 Å². The lowest BCUT2D eigenvalue weighted by Gasteiger charge is -2.09. The van der Waals surface area contributed by atoms with Gasteiger partial charge in [0.2, 0.25) is 10.0 Å². The van der Waals surface area contributed by atoms with Gasteiger partial charge in [-0.1, -0.05) is 13.8 Å². The van der Waals surface area contributed by atoms with Crippen LogP contribution < -0.4 is 10.5 Å². The van der Waals surface area contributed by atoms with Crippen molar-refractivity contribution in [2.75, 3.05) is 12.8 Å². The van der Waals surface area contributed by atoms with Crippen LogP contribution in [-0.2, 0) is 27.2 Å². The second-order valence-corrected chi connectivity index (χ2v) is 7.93. The van der Waals surface area contributed by atoms with Gasteiger partial charge in [-0.3, -0.25) is 14.1 Å². The molecule has 0 aromatic carbocycles. The SMILES string of the molecule is CCc1[nH]nc(C(=O)NCCC(C)S(C)=O)c1S(N)(=O)=O. The highest BCUT2D eigenvalue weighted by Crippen LogP contribution is 2.17. The van der Waals surface area contributed by atoms with Gasteiger partial charge in [0.1, 0.15) is 4.90 Å². The lowest BCUT2D eigenvalue weighted by atomic mass is 10.3. The predicted octanol–water partition coefficient (Wildman–Crippen LogP) is -0.494. The molecule has 1 heterocycles. The molecule has 2 atom stereocenters. The van der Waals surface area contributed by atoms with E-state index >= 15 is 0 Å². The first-order chi connectivity index (χ1) is 9.68. The Kier molecular flexibility index (Phi) is 6.05. The summed E-state index contributed by atoms with van der Waals surface area (Å²) < 4.78 is 34.3. The zero-order valence-corrected chi connectivity index (χ0v) is 13.8. The molecule has 0 aliphatic heterocycles. The number of H-pyrrole nitrogens is 1. The first-order valence-corrected chi connectivity index (χ1v) is 9.55. The number of aryl methyl sites for hydroxylation is 1. The minimum atomic E-state index is -4.04. The maximum Gasteiger partial charge on any atom is 0.273 e. The van der Waals surface area contributed by atoms with Crippen LogP contribution >= 0.6 is 0 Å². The molecular formula is C11H20N4O4S2. The Morgan fingerprint density at radius 1 is 1.52 bits per heavy atom. The standard InChI is InChI=1S/C11H20N4O4S2/c1-4-8-10(21(12,18)19)9(15-14-8)11(16)13-6-5-7(2)20(3)17/h7H,4-6H2,1-3H3,(H,13,16)(H,14,15)(H2,12,18,19). The molecule has 0 bridgehead atoms. The Morgan fingerprint density at radius 2 is 2.14 bits per heavy atom. The number of nitrogens with two attached hydrogens (primary N) is 1. The highest BCUT2D eigenvalue weighted by Gasteiger charge is 2.26. The zero-order chi connectivity index (χ0) is 16.2. The van der Waals surface area contributed by atoms with Crippen LogP contribution in [0.4, 0.5) is 0 Å². The molecule has 1 aromatic heterocycles. The third-order valence-corrected chi connectivity index (χ3v) is 5.43. The number of aromatic nitrogens is 2. The van der Waals surface area contributed by atoms with Gasteiger partial charge in [-0.05, 0) is 12.8 Å². The van der Waals surface area contributed by atoms with Crippen molar-refractivity contribution in [3.05, 3.63) is 11.4 Å². The number of hydrogen-bond donors (Lipinski definition) is 3. The molecular weight excluding hydrogens is 316 g/mol. The van der Waals surface area contributed by atoms with E-state index in [1.807, 2.05) is 6.92 Å². The molecule has 8 nitrogen and oxygen atoms in total. The van der Waals surface area contributed by atoms with Gasteiger partial charge in [0.05, 0.1) is 5.69 Å². The van der Waals surface area contributed by atoms with Crippen LogP contribution in [0.15, 0.2) is 4.90 Å². The summed E-state index contributed by atoms with van der Waals surface area (Å²) in [5.74, 6) is -0.621. The number of rotatable bonds is 7. The van der Waals surface area contributed by atoms with Gasteiger partial charge < -0.3 is 5.32 Å². The van der Waals surface area contributed by atoms with E-state index in [0.29, 0.717) is 18.5 Å². The molecule has 120 valence electrons. The Labute approximate surface area is 126 Å². The predicted molar refractivity (Wildman–Crippen MR) is 79.8 cm³/mol. The van der Waals surface area contributed by atoms with Crippen LogP contribution in [0.25, 0.3) is 0 Å². The number of carbonyl (C=O) groups excluding carboxylic acids is 1. The molecule has 21 heavy (non-hydrogen) atoms. The van der Waals surface area contributed by atoms with E-state index < -0.39 is 26.7 Å². The van der Waals surface area contributed by atoms with Crippen LogP contribution in [0.2, 0.25) is 0 Å². The van der Waals surface area contributed by atoms with Gasteiger partial charge >= 0.3 is 0 Å². The summed E-state index contributed by atoms with van der Waals surface area (Å²) in [6, 6.07) is 0. The maximum absolute atomic E-state index is 12.0. The fourth-order valence-electron chi connectivity index (χ4n) is 1.71. The summed E-state index contributed by atoms with van der Waals surface area (Å²) in [7, 11) is -5.01. The van der Waals surface area contributed by atoms with E-state index in [4.69, 9.17) is 5.14 Å². The Morgan fingerprint density at radius 3 is 2.62 bits per heavy atom. The van der Waals surface area contributed by atoms with Crippen LogP contribution in [0.1, 0.15) is 36.5 Å². The molecule has 0 radical (unpaired) electrons. The van der Waals surface area contributed by atoms with Gasteiger partial charge in [0.25, 0.3) is 5.91 Å². The van der Waals surface area contributed by atoms with E-state index in [0.717, 1.165) is 0 Å². The third kappa shape index (κ3) is 4.61. The average Bonchev–Trinajstić information content (AvgIpc) is 2.81. The van der Waals surface area contributed by atoms with Crippen LogP contribution in [0, 0.1) is 0 Å². The van der Waals surface area contributed by atoms with Crippen molar-refractivity contribution in [3.63, 3.8) is 0 Å². The largest absolute Gasteiger partial charge is 0.351 e. The van der Waals surface area contributed by atoms with Crippen molar-refractivity contribution in [3.8, 4) is 0 Å². The Balaban J connectivity index is 2.85. The van der Waals surface area contributed by atoms with Crippen molar-refractivity contribution in [2.24, 2.45) is 5.14 Å². The molecule has 0 saturated carbocycles. The second kappa shape index (κ2) is 7.14. The summed E-state index contributed by atoms with van der Waals surface area (Å²) in [6.07, 6.45) is 2.47. The minimum absolute atomic E-state index is 0.0617. The molecule has 2 unspecified atom stereocenters. The molecule has 0 aliphatic rings. The molecule has 0 spiro atoms. The van der Waals surface area contributed by atoms with Crippen molar-refractivity contribution in [1.29, 1.82) is 0 Å². The number of sulfonamides is 1. The number of nitrogens with zero attached hydrogens (tertiary/aromatic N) is 1. The zero-order valence-electron chi connectivity index (χ0n) is 12.2. The number of primary sulfonamides is 1. The highest BCUT2D eigenvalue weighted by atomic mass is 32.2. The van der Waals surface area contributed by atoms with Gasteiger partial charge in [-0.2, -0.15) is 5.10 Å². The van der Waals surface area contributed by atoms with Crippen LogP contribution in [0.3, 0.4) is 0 Å².